The standard InChI is InChI=1S/C29H44N2O4S/c1-8-14-29(7)25(32)16-26(33)31-24(20(4)15-23-17-36-22(6)30-23)13-12-18(2)10-9-11-19(3)27(34)21(5)28(29)35/h8,12,15,17,19,21,24-25,27,32,34H,1,9-11,13-14,16H2,2-7H3,(H,31,33)/b18-12-,20-15+/t19-,21+,24-,25-,27-,29+/m0/s1. The predicted molar refractivity (Wildman–Crippen MR) is 148 cm³/mol. The monoisotopic (exact) mass is 516 g/mol. The molecule has 0 saturated carbocycles. The van der Waals surface area contributed by atoms with Crippen LogP contribution in [0.3, 0.4) is 0 Å². The lowest BCUT2D eigenvalue weighted by Crippen LogP contribution is -2.48. The molecule has 0 bridgehead atoms. The number of carbonyl (C=O) groups is 2. The van der Waals surface area contributed by atoms with Gasteiger partial charge in [-0.15, -0.1) is 17.9 Å². The lowest BCUT2D eigenvalue weighted by Gasteiger charge is -2.37. The van der Waals surface area contributed by atoms with Crippen molar-refractivity contribution in [2.45, 2.75) is 98.3 Å². The average Bonchev–Trinajstić information content (AvgIpc) is 3.23. The first-order valence-corrected chi connectivity index (χ1v) is 13.8. The molecule has 200 valence electrons. The number of nitrogens with zero attached hydrogens (tertiary/aromatic N) is 1. The van der Waals surface area contributed by atoms with Crippen LogP contribution in [0.5, 0.6) is 0 Å². The van der Waals surface area contributed by atoms with Crippen LogP contribution in [-0.4, -0.2) is 45.1 Å². The molecule has 1 amide bonds. The maximum Gasteiger partial charge on any atom is 0.223 e. The summed E-state index contributed by atoms with van der Waals surface area (Å²) in [6.45, 7) is 15.1. The minimum atomic E-state index is -1.22. The first-order chi connectivity index (χ1) is 16.9. The van der Waals surface area contributed by atoms with Crippen molar-refractivity contribution in [2.24, 2.45) is 17.3 Å². The fraction of sp³-hybridized carbons (Fsp3) is 0.621. The third-order valence-electron chi connectivity index (χ3n) is 7.58. The molecular formula is C29H44N2O4S. The summed E-state index contributed by atoms with van der Waals surface area (Å²) in [4.78, 5) is 31.2. The number of amides is 1. The van der Waals surface area contributed by atoms with E-state index < -0.39 is 23.5 Å². The third-order valence-corrected chi connectivity index (χ3v) is 8.38. The van der Waals surface area contributed by atoms with Gasteiger partial charge >= 0.3 is 0 Å². The normalized spacial score (nSPS) is 33.5. The highest BCUT2D eigenvalue weighted by atomic mass is 32.1. The quantitative estimate of drug-likeness (QED) is 0.466. The van der Waals surface area contributed by atoms with Gasteiger partial charge in [0.05, 0.1) is 40.8 Å². The number of hydrogen-bond donors (Lipinski definition) is 3. The summed E-state index contributed by atoms with van der Waals surface area (Å²) in [5.41, 5.74) is 1.85. The van der Waals surface area contributed by atoms with E-state index in [1.807, 2.05) is 32.2 Å². The second kappa shape index (κ2) is 13.5. The summed E-state index contributed by atoms with van der Waals surface area (Å²) in [6, 6.07) is -0.254. The number of thiazole rings is 1. The molecule has 0 aliphatic carbocycles. The Bertz CT molecular complexity index is 982. The van der Waals surface area contributed by atoms with Crippen molar-refractivity contribution in [3.8, 4) is 0 Å². The number of carbonyl (C=O) groups excluding carboxylic acids is 2. The average molecular weight is 517 g/mol. The lowest BCUT2D eigenvalue weighted by molar-refractivity contribution is -0.144. The topological polar surface area (TPSA) is 99.5 Å². The number of rotatable bonds is 4. The van der Waals surface area contributed by atoms with Crippen molar-refractivity contribution >= 4 is 29.1 Å². The molecule has 0 aromatic carbocycles. The van der Waals surface area contributed by atoms with Crippen LogP contribution in [0.15, 0.2) is 35.3 Å². The van der Waals surface area contributed by atoms with Gasteiger partial charge in [-0.25, -0.2) is 4.98 Å². The van der Waals surface area contributed by atoms with Gasteiger partial charge in [0.25, 0.3) is 0 Å². The van der Waals surface area contributed by atoms with Gasteiger partial charge < -0.3 is 15.5 Å². The molecule has 3 N–H and O–H groups in total. The van der Waals surface area contributed by atoms with E-state index in [0.717, 1.165) is 35.5 Å². The van der Waals surface area contributed by atoms with E-state index in [2.05, 4.69) is 29.9 Å². The summed E-state index contributed by atoms with van der Waals surface area (Å²) in [7, 11) is 0. The molecule has 0 fully saturated rings. The molecule has 0 saturated heterocycles. The zero-order valence-electron chi connectivity index (χ0n) is 22.7. The molecule has 2 rings (SSSR count). The second-order valence-corrected chi connectivity index (χ2v) is 11.8. The molecule has 1 aromatic heterocycles. The fourth-order valence-electron chi connectivity index (χ4n) is 4.96. The van der Waals surface area contributed by atoms with Crippen LogP contribution in [-0.2, 0) is 9.59 Å². The Kier molecular flexibility index (Phi) is 11.3. The number of aromatic nitrogens is 1. The van der Waals surface area contributed by atoms with Crippen molar-refractivity contribution in [1.29, 1.82) is 0 Å². The Balaban J connectivity index is 2.40. The van der Waals surface area contributed by atoms with E-state index >= 15 is 0 Å². The molecule has 2 heterocycles. The number of aliphatic hydroxyl groups excluding tert-OH is 2. The molecule has 6 atom stereocenters. The van der Waals surface area contributed by atoms with Crippen molar-refractivity contribution < 1.29 is 19.8 Å². The fourth-order valence-corrected chi connectivity index (χ4v) is 5.53. The predicted octanol–water partition coefficient (Wildman–Crippen LogP) is 5.40. The van der Waals surface area contributed by atoms with Crippen LogP contribution in [0.25, 0.3) is 6.08 Å². The van der Waals surface area contributed by atoms with E-state index in [1.54, 1.807) is 31.3 Å². The van der Waals surface area contributed by atoms with E-state index in [1.165, 1.54) is 5.57 Å². The Morgan fingerprint density at radius 1 is 1.31 bits per heavy atom. The van der Waals surface area contributed by atoms with Gasteiger partial charge in [0.15, 0.2) is 0 Å². The Morgan fingerprint density at radius 2 is 2.00 bits per heavy atom. The van der Waals surface area contributed by atoms with Crippen LogP contribution < -0.4 is 5.32 Å². The molecule has 0 unspecified atom stereocenters. The number of Topliss-reactive ketones (excluding diaryl/α,β-unsaturated/α-hetero) is 1. The smallest absolute Gasteiger partial charge is 0.223 e. The molecule has 1 aliphatic heterocycles. The van der Waals surface area contributed by atoms with Crippen LogP contribution in [0.2, 0.25) is 0 Å². The molecular weight excluding hydrogens is 472 g/mol. The highest BCUT2D eigenvalue weighted by molar-refractivity contribution is 7.09. The zero-order valence-corrected chi connectivity index (χ0v) is 23.5. The molecule has 0 spiro atoms. The molecule has 1 aromatic rings. The number of aryl methyl sites for hydroxylation is 1. The Labute approximate surface area is 220 Å². The summed E-state index contributed by atoms with van der Waals surface area (Å²) < 4.78 is 0. The lowest BCUT2D eigenvalue weighted by atomic mass is 9.69. The largest absolute Gasteiger partial charge is 0.392 e. The van der Waals surface area contributed by atoms with Gasteiger partial charge in [0.1, 0.15) is 5.78 Å². The van der Waals surface area contributed by atoms with Gasteiger partial charge in [0.2, 0.25) is 5.91 Å². The summed E-state index contributed by atoms with van der Waals surface area (Å²) in [5.74, 6) is -1.28. The summed E-state index contributed by atoms with van der Waals surface area (Å²) in [6.07, 6.45) is 6.95. The van der Waals surface area contributed by atoms with Gasteiger partial charge in [-0.05, 0) is 77.4 Å². The van der Waals surface area contributed by atoms with Crippen molar-refractivity contribution in [3.63, 3.8) is 0 Å². The van der Waals surface area contributed by atoms with E-state index in [0.29, 0.717) is 6.42 Å². The number of ketones is 1. The summed E-state index contributed by atoms with van der Waals surface area (Å²) >= 11 is 1.58. The van der Waals surface area contributed by atoms with Crippen LogP contribution in [0.1, 0.15) is 83.8 Å². The molecule has 7 heteroatoms. The Hall–Kier alpha value is -2.09. The number of hydrogen-bond acceptors (Lipinski definition) is 6. The first-order valence-electron chi connectivity index (χ1n) is 13.0. The first kappa shape index (κ1) is 30.1. The number of nitrogens with one attached hydrogen (secondary N) is 1. The van der Waals surface area contributed by atoms with Gasteiger partial charge in [-0.2, -0.15) is 0 Å². The molecule has 6 nitrogen and oxygen atoms in total. The van der Waals surface area contributed by atoms with Crippen molar-refractivity contribution in [1.82, 2.24) is 10.3 Å². The van der Waals surface area contributed by atoms with Crippen molar-refractivity contribution in [3.05, 3.63) is 46.0 Å². The minimum absolute atomic E-state index is 0.0578. The van der Waals surface area contributed by atoms with Crippen LogP contribution in [0, 0.1) is 24.2 Å². The summed E-state index contributed by atoms with van der Waals surface area (Å²) in [5, 5.41) is 28.1. The maximum absolute atomic E-state index is 13.5. The van der Waals surface area contributed by atoms with E-state index in [4.69, 9.17) is 0 Å². The molecule has 0 radical (unpaired) electrons. The van der Waals surface area contributed by atoms with Crippen LogP contribution >= 0.6 is 11.3 Å². The molecule has 1 aliphatic rings. The maximum atomic E-state index is 13.5. The van der Waals surface area contributed by atoms with Crippen molar-refractivity contribution in [2.75, 3.05) is 0 Å². The highest BCUT2D eigenvalue weighted by Gasteiger charge is 2.44. The van der Waals surface area contributed by atoms with Gasteiger partial charge in [0, 0.05) is 11.3 Å². The number of allylic oxidation sites excluding steroid dienone is 2. The van der Waals surface area contributed by atoms with Crippen LogP contribution in [0.4, 0.5) is 0 Å². The number of aliphatic hydroxyl groups is 2. The highest BCUT2D eigenvalue weighted by Crippen LogP contribution is 2.35. The Morgan fingerprint density at radius 3 is 2.61 bits per heavy atom. The van der Waals surface area contributed by atoms with Gasteiger partial charge in [-0.1, -0.05) is 31.6 Å². The SMILES string of the molecule is C=CC[C@@]1(C)C(=O)[C@H](C)[C@@H](O)[C@@H](C)CCC/C(C)=C\C[C@@H](/C(C)=C/c2csc(C)n2)NC(=O)C[C@@H]1O. The second-order valence-electron chi connectivity index (χ2n) is 10.7. The third kappa shape index (κ3) is 7.95. The van der Waals surface area contributed by atoms with Gasteiger partial charge in [-0.3, -0.25) is 9.59 Å². The van der Waals surface area contributed by atoms with E-state index in [9.17, 15) is 19.8 Å². The van der Waals surface area contributed by atoms with E-state index in [-0.39, 0.29) is 36.5 Å². The zero-order chi connectivity index (χ0) is 27.0. The minimum Gasteiger partial charge on any atom is -0.392 e. The molecule has 36 heavy (non-hydrogen) atoms.